The summed E-state index contributed by atoms with van der Waals surface area (Å²) in [6, 6.07) is 8.17. The first-order chi connectivity index (χ1) is 14.2. The molecule has 29 heavy (non-hydrogen) atoms. The van der Waals surface area contributed by atoms with E-state index >= 15 is 0 Å². The summed E-state index contributed by atoms with van der Waals surface area (Å²) >= 11 is 1.78. The molecule has 0 unspecified atom stereocenters. The minimum absolute atomic E-state index is 0.193. The summed E-state index contributed by atoms with van der Waals surface area (Å²) in [5.74, 6) is 3.37. The van der Waals surface area contributed by atoms with Crippen LogP contribution in [0.1, 0.15) is 55.4 Å². The molecule has 0 saturated heterocycles. The number of rotatable bonds is 4. The summed E-state index contributed by atoms with van der Waals surface area (Å²) in [6.45, 7) is 0. The summed E-state index contributed by atoms with van der Waals surface area (Å²) in [5, 5.41) is 4.32. The number of carbonyl (C=O) groups is 1. The van der Waals surface area contributed by atoms with Crippen molar-refractivity contribution < 1.29 is 4.79 Å². The van der Waals surface area contributed by atoms with E-state index < -0.39 is 0 Å². The number of benzene rings is 1. The van der Waals surface area contributed by atoms with Gasteiger partial charge >= 0.3 is 0 Å². The number of imidazole rings is 1. The Morgan fingerprint density at radius 3 is 2.90 bits per heavy atom. The van der Waals surface area contributed by atoms with E-state index in [2.05, 4.69) is 16.4 Å². The first-order valence-electron chi connectivity index (χ1n) is 11.1. The Kier molecular flexibility index (Phi) is 4.26. The van der Waals surface area contributed by atoms with Crippen molar-refractivity contribution in [1.82, 2.24) is 9.97 Å². The molecule has 1 aromatic carbocycles. The van der Waals surface area contributed by atoms with Crippen molar-refractivity contribution in [3.63, 3.8) is 0 Å². The third-order valence-corrected chi connectivity index (χ3v) is 8.59. The molecule has 0 aliphatic heterocycles. The van der Waals surface area contributed by atoms with Crippen LogP contribution in [0.25, 0.3) is 22.4 Å². The summed E-state index contributed by atoms with van der Waals surface area (Å²) in [5.41, 5.74) is 4.58. The maximum Gasteiger partial charge on any atom is 0.225 e. The molecule has 2 N–H and O–H groups in total. The second kappa shape index (κ2) is 6.98. The molecule has 2 heterocycles. The molecule has 4 nitrogen and oxygen atoms in total. The Bertz CT molecular complexity index is 1050. The van der Waals surface area contributed by atoms with Gasteiger partial charge in [0, 0.05) is 11.3 Å². The molecular weight excluding hydrogens is 378 g/mol. The Morgan fingerprint density at radius 1 is 1.17 bits per heavy atom. The number of hydrogen-bond donors (Lipinski definition) is 2. The third-order valence-electron chi connectivity index (χ3n) is 7.38. The fourth-order valence-corrected chi connectivity index (χ4v) is 7.32. The quantitative estimate of drug-likeness (QED) is 0.565. The zero-order chi connectivity index (χ0) is 19.4. The topological polar surface area (TPSA) is 57.8 Å². The van der Waals surface area contributed by atoms with Crippen LogP contribution in [0.2, 0.25) is 0 Å². The highest BCUT2D eigenvalue weighted by atomic mass is 32.1. The number of anilines is 1. The van der Waals surface area contributed by atoms with Gasteiger partial charge in [0.05, 0.1) is 16.6 Å². The number of aryl methyl sites for hydroxylation is 1. The molecule has 0 spiro atoms. The minimum atomic E-state index is 0.193. The molecule has 6 rings (SSSR count). The minimum Gasteiger partial charge on any atom is -0.338 e. The SMILES string of the molecule is O=C(C[C@@H]1C[C@H]2CC[C@H]1C2)Nc1sc2c(c1-c1nc3ccccc3[nH]1)CCCC2. The van der Waals surface area contributed by atoms with E-state index in [0.717, 1.165) is 52.1 Å². The Balaban J connectivity index is 1.32. The van der Waals surface area contributed by atoms with Crippen LogP contribution in [-0.2, 0) is 17.6 Å². The fourth-order valence-electron chi connectivity index (χ4n) is 6.02. The van der Waals surface area contributed by atoms with Crippen LogP contribution in [-0.4, -0.2) is 15.9 Å². The predicted octanol–water partition coefficient (Wildman–Crippen LogP) is 5.94. The van der Waals surface area contributed by atoms with Crippen molar-refractivity contribution in [2.45, 2.75) is 57.8 Å². The Hall–Kier alpha value is -2.14. The van der Waals surface area contributed by atoms with Gasteiger partial charge in [-0.15, -0.1) is 11.3 Å². The maximum atomic E-state index is 13.0. The zero-order valence-electron chi connectivity index (χ0n) is 16.7. The molecule has 3 atom stereocenters. The number of aromatic nitrogens is 2. The molecule has 3 aliphatic rings. The van der Waals surface area contributed by atoms with E-state index in [0.29, 0.717) is 12.3 Å². The van der Waals surface area contributed by atoms with Crippen molar-refractivity contribution in [3.8, 4) is 11.4 Å². The number of carbonyl (C=O) groups excluding carboxylic acids is 1. The number of aromatic amines is 1. The first kappa shape index (κ1) is 17.7. The highest BCUT2D eigenvalue weighted by Crippen LogP contribution is 2.50. The second-order valence-corrected chi connectivity index (χ2v) is 10.3. The van der Waals surface area contributed by atoms with Crippen molar-refractivity contribution in [1.29, 1.82) is 0 Å². The van der Waals surface area contributed by atoms with Gasteiger partial charge in [0.15, 0.2) is 0 Å². The van der Waals surface area contributed by atoms with E-state index in [1.54, 1.807) is 11.3 Å². The standard InChI is InChI=1S/C24H27N3OS/c28-21(13-16-12-14-9-10-15(16)11-14)27-24-22(17-5-1-4-8-20(17)29-24)23-25-18-6-2-3-7-19(18)26-23/h2-3,6-7,14-16H,1,4-5,8-13H2,(H,25,26)(H,27,28)/t14-,15-,16-/m0/s1. The van der Waals surface area contributed by atoms with Crippen molar-refractivity contribution in [3.05, 3.63) is 34.7 Å². The van der Waals surface area contributed by atoms with Gasteiger partial charge in [0.2, 0.25) is 5.91 Å². The van der Waals surface area contributed by atoms with Gasteiger partial charge in [-0.05, 0) is 80.4 Å². The maximum absolute atomic E-state index is 13.0. The van der Waals surface area contributed by atoms with Crippen LogP contribution in [0, 0.1) is 17.8 Å². The molecule has 1 amide bonds. The van der Waals surface area contributed by atoms with Crippen LogP contribution in [0.15, 0.2) is 24.3 Å². The van der Waals surface area contributed by atoms with Gasteiger partial charge in [-0.3, -0.25) is 4.79 Å². The lowest BCUT2D eigenvalue weighted by Crippen LogP contribution is -2.20. The van der Waals surface area contributed by atoms with Crippen LogP contribution >= 0.6 is 11.3 Å². The average Bonchev–Trinajstić information content (AvgIpc) is 3.49. The number of nitrogens with zero attached hydrogens (tertiary/aromatic N) is 1. The summed E-state index contributed by atoms with van der Waals surface area (Å²) in [4.78, 5) is 22.8. The lowest BCUT2D eigenvalue weighted by atomic mass is 9.86. The smallest absolute Gasteiger partial charge is 0.225 e. The molecule has 2 saturated carbocycles. The van der Waals surface area contributed by atoms with Crippen molar-refractivity contribution >= 4 is 33.3 Å². The number of amides is 1. The third kappa shape index (κ3) is 3.10. The van der Waals surface area contributed by atoms with Gasteiger partial charge in [0.25, 0.3) is 0 Å². The van der Waals surface area contributed by atoms with Crippen molar-refractivity contribution in [2.75, 3.05) is 5.32 Å². The fraction of sp³-hybridized carbons (Fsp3) is 0.500. The second-order valence-electron chi connectivity index (χ2n) is 9.20. The van der Waals surface area contributed by atoms with E-state index in [1.165, 1.54) is 49.0 Å². The lowest BCUT2D eigenvalue weighted by Gasteiger charge is -2.20. The van der Waals surface area contributed by atoms with Crippen molar-refractivity contribution in [2.24, 2.45) is 17.8 Å². The zero-order valence-corrected chi connectivity index (χ0v) is 17.5. The molecule has 3 aromatic rings. The monoisotopic (exact) mass is 405 g/mol. The lowest BCUT2D eigenvalue weighted by molar-refractivity contribution is -0.117. The molecule has 5 heteroatoms. The largest absolute Gasteiger partial charge is 0.338 e. The van der Waals surface area contributed by atoms with Crippen LogP contribution < -0.4 is 5.32 Å². The van der Waals surface area contributed by atoms with Gasteiger partial charge < -0.3 is 10.3 Å². The molecule has 150 valence electrons. The van der Waals surface area contributed by atoms with Gasteiger partial charge in [0.1, 0.15) is 10.8 Å². The highest BCUT2D eigenvalue weighted by Gasteiger charge is 2.40. The number of thiophene rings is 1. The number of H-pyrrole nitrogens is 1. The Labute approximate surface area is 175 Å². The number of nitrogens with one attached hydrogen (secondary N) is 2. The normalized spacial score (nSPS) is 25.4. The predicted molar refractivity (Wildman–Crippen MR) is 118 cm³/mol. The summed E-state index contributed by atoms with van der Waals surface area (Å²) < 4.78 is 0. The number of para-hydroxylation sites is 2. The van der Waals surface area contributed by atoms with Gasteiger partial charge in [-0.2, -0.15) is 0 Å². The van der Waals surface area contributed by atoms with Gasteiger partial charge in [-0.25, -0.2) is 4.98 Å². The Morgan fingerprint density at radius 2 is 2.07 bits per heavy atom. The molecule has 2 fully saturated rings. The number of hydrogen-bond acceptors (Lipinski definition) is 3. The summed E-state index contributed by atoms with van der Waals surface area (Å²) in [6.07, 6.45) is 10.7. The van der Waals surface area contributed by atoms with Gasteiger partial charge in [-0.1, -0.05) is 18.6 Å². The molecular formula is C24H27N3OS. The van der Waals surface area contributed by atoms with Crippen LogP contribution in [0.4, 0.5) is 5.00 Å². The van der Waals surface area contributed by atoms with E-state index in [1.807, 2.05) is 18.2 Å². The molecule has 2 bridgehead atoms. The average molecular weight is 406 g/mol. The highest BCUT2D eigenvalue weighted by molar-refractivity contribution is 7.17. The van der Waals surface area contributed by atoms with E-state index in [-0.39, 0.29) is 5.91 Å². The van der Waals surface area contributed by atoms with E-state index in [4.69, 9.17) is 4.98 Å². The first-order valence-corrected chi connectivity index (χ1v) is 12.0. The van der Waals surface area contributed by atoms with Crippen LogP contribution in [0.3, 0.4) is 0 Å². The molecule has 3 aliphatic carbocycles. The molecule has 0 radical (unpaired) electrons. The van der Waals surface area contributed by atoms with Crippen LogP contribution in [0.5, 0.6) is 0 Å². The van der Waals surface area contributed by atoms with E-state index in [9.17, 15) is 4.79 Å². The summed E-state index contributed by atoms with van der Waals surface area (Å²) in [7, 11) is 0. The molecule has 2 aromatic heterocycles. The number of fused-ring (bicyclic) bond motifs is 4.